The van der Waals surface area contributed by atoms with Crippen LogP contribution in [-0.2, 0) is 4.74 Å². The second kappa shape index (κ2) is 10.9. The number of halogens is 1. The Morgan fingerprint density at radius 2 is 1.91 bits per heavy atom. The molecule has 0 saturated heterocycles. The van der Waals surface area contributed by atoms with Crippen LogP contribution in [0.15, 0.2) is 11.6 Å². The van der Waals surface area contributed by atoms with Gasteiger partial charge in [0.1, 0.15) is 6.10 Å². The van der Waals surface area contributed by atoms with Crippen molar-refractivity contribution in [3.63, 3.8) is 0 Å². The Kier molecular flexibility index (Phi) is 8.47. The highest BCUT2D eigenvalue weighted by Gasteiger charge is 2.59. The van der Waals surface area contributed by atoms with E-state index in [1.54, 1.807) is 5.57 Å². The van der Waals surface area contributed by atoms with Gasteiger partial charge in [-0.05, 0) is 91.3 Å². The van der Waals surface area contributed by atoms with Crippen LogP contribution in [0.3, 0.4) is 0 Å². The monoisotopic (exact) mass is 535 g/mol. The van der Waals surface area contributed by atoms with Gasteiger partial charge in [0.05, 0.1) is 0 Å². The quantitative estimate of drug-likeness (QED) is 0.249. The molecule has 0 aromatic carbocycles. The summed E-state index contributed by atoms with van der Waals surface area (Å²) in [5, 5.41) is 3.60. The Bertz CT molecular complexity index is 750. The number of hydrogen-bond donors (Lipinski definition) is 1. The molecule has 1 N–H and O–H groups in total. The molecule has 0 aromatic rings. The number of alkyl halides is 1. The molecule has 0 aromatic heterocycles. The second-order valence-electron chi connectivity index (χ2n) is 13.2. The molecule has 34 heavy (non-hydrogen) atoms. The number of carbonyl (C=O) groups excluding carboxylic acids is 1. The number of amides is 1. The molecule has 0 bridgehead atoms. The number of nitrogens with one attached hydrogen (secondary N) is 1. The molecule has 4 heteroatoms. The van der Waals surface area contributed by atoms with Crippen molar-refractivity contribution >= 4 is 22.0 Å². The Balaban J connectivity index is 1.41. The fourth-order valence-electron chi connectivity index (χ4n) is 9.09. The molecule has 1 amide bonds. The minimum absolute atomic E-state index is 0.0441. The summed E-state index contributed by atoms with van der Waals surface area (Å²) in [6, 6.07) is 0. The summed E-state index contributed by atoms with van der Waals surface area (Å²) in [7, 11) is 0. The van der Waals surface area contributed by atoms with Crippen molar-refractivity contribution in [3.05, 3.63) is 11.6 Å². The van der Waals surface area contributed by atoms with Gasteiger partial charge in [-0.25, -0.2) is 4.79 Å². The van der Waals surface area contributed by atoms with Gasteiger partial charge in [0, 0.05) is 18.3 Å². The maximum absolute atomic E-state index is 12.1. The number of carbonyl (C=O) groups is 1. The SMILES string of the molecule is CC(C)CCC[C@@H](C)[C@H]1CC[C@H]2[C@@H]3CC=C4CC(OC(=O)NCCBr)CC[C@]4(C)[C@H]3CC[C@]12C. The molecule has 0 radical (unpaired) electrons. The summed E-state index contributed by atoms with van der Waals surface area (Å²) in [6.45, 7) is 13.2. The molecule has 4 aliphatic rings. The first-order valence-corrected chi connectivity index (χ1v) is 15.5. The highest BCUT2D eigenvalue weighted by Crippen LogP contribution is 2.67. The zero-order valence-corrected chi connectivity index (χ0v) is 24.1. The Morgan fingerprint density at radius 3 is 2.65 bits per heavy atom. The van der Waals surface area contributed by atoms with Gasteiger partial charge in [-0.1, -0.05) is 81.5 Å². The molecule has 3 saturated carbocycles. The van der Waals surface area contributed by atoms with Crippen LogP contribution in [0.5, 0.6) is 0 Å². The molecule has 4 aliphatic carbocycles. The molecule has 194 valence electrons. The molecular formula is C30H50BrNO2. The Hall–Kier alpha value is -0.510. The second-order valence-corrected chi connectivity index (χ2v) is 14.0. The summed E-state index contributed by atoms with van der Waals surface area (Å²) in [6.07, 6.45) is 16.7. The highest BCUT2D eigenvalue weighted by molar-refractivity contribution is 9.09. The van der Waals surface area contributed by atoms with Crippen molar-refractivity contribution in [2.45, 2.75) is 111 Å². The molecule has 0 spiro atoms. The number of allylic oxidation sites excluding steroid dienone is 1. The summed E-state index contributed by atoms with van der Waals surface area (Å²) in [5.74, 6) is 5.22. The molecule has 1 unspecified atom stereocenters. The third-order valence-corrected chi connectivity index (χ3v) is 11.3. The summed E-state index contributed by atoms with van der Waals surface area (Å²) < 4.78 is 5.78. The van der Waals surface area contributed by atoms with Crippen LogP contribution >= 0.6 is 15.9 Å². The lowest BCUT2D eigenvalue weighted by molar-refractivity contribution is -0.0581. The molecule has 3 nitrogen and oxygen atoms in total. The van der Waals surface area contributed by atoms with Crippen LogP contribution in [0, 0.1) is 46.3 Å². The fraction of sp³-hybridized carbons (Fsp3) is 0.900. The average Bonchev–Trinajstić information content (AvgIpc) is 3.15. The van der Waals surface area contributed by atoms with Crippen LogP contribution in [0.4, 0.5) is 4.79 Å². The van der Waals surface area contributed by atoms with Crippen LogP contribution in [-0.4, -0.2) is 24.1 Å². The van der Waals surface area contributed by atoms with Gasteiger partial charge in [0.25, 0.3) is 0 Å². The van der Waals surface area contributed by atoms with E-state index < -0.39 is 0 Å². The van der Waals surface area contributed by atoms with E-state index in [-0.39, 0.29) is 12.2 Å². The van der Waals surface area contributed by atoms with E-state index >= 15 is 0 Å². The standard InChI is InChI=1S/C30H50BrNO2/c1-20(2)7-6-8-21(3)25-11-12-26-24-10-9-22-19-23(34-28(33)32-18-17-31)13-15-29(22,4)27(24)14-16-30(25,26)5/h9,20-21,23-27H,6-8,10-19H2,1-5H3,(H,32,33)/t21-,23?,24+,25-,26+,27+,29+,30-/m1/s1. The molecule has 0 aliphatic heterocycles. The van der Waals surface area contributed by atoms with Gasteiger partial charge < -0.3 is 10.1 Å². The third kappa shape index (κ3) is 5.14. The maximum atomic E-state index is 12.1. The first kappa shape index (κ1) is 26.6. The Labute approximate surface area is 217 Å². The fourth-order valence-corrected chi connectivity index (χ4v) is 9.29. The number of fused-ring (bicyclic) bond motifs is 5. The minimum Gasteiger partial charge on any atom is -0.446 e. The van der Waals surface area contributed by atoms with E-state index in [0.717, 1.165) is 53.7 Å². The van der Waals surface area contributed by atoms with Gasteiger partial charge in [0.15, 0.2) is 0 Å². The Morgan fingerprint density at radius 1 is 1.12 bits per heavy atom. The molecule has 4 rings (SSSR count). The van der Waals surface area contributed by atoms with Gasteiger partial charge in [0.2, 0.25) is 0 Å². The van der Waals surface area contributed by atoms with Gasteiger partial charge >= 0.3 is 6.09 Å². The maximum Gasteiger partial charge on any atom is 0.407 e. The molecule has 0 heterocycles. The van der Waals surface area contributed by atoms with Crippen LogP contribution < -0.4 is 5.32 Å². The lowest BCUT2D eigenvalue weighted by Gasteiger charge is -2.58. The van der Waals surface area contributed by atoms with Crippen molar-refractivity contribution in [1.82, 2.24) is 5.32 Å². The zero-order valence-electron chi connectivity index (χ0n) is 22.5. The predicted molar refractivity (Wildman–Crippen MR) is 145 cm³/mol. The number of alkyl carbamates (subject to hydrolysis) is 1. The van der Waals surface area contributed by atoms with E-state index in [0.29, 0.717) is 17.4 Å². The number of rotatable bonds is 8. The highest BCUT2D eigenvalue weighted by atomic mass is 79.9. The first-order chi connectivity index (χ1) is 16.2. The topological polar surface area (TPSA) is 38.3 Å². The van der Waals surface area contributed by atoms with E-state index in [2.05, 4.69) is 61.9 Å². The van der Waals surface area contributed by atoms with Crippen LogP contribution in [0.1, 0.15) is 105 Å². The van der Waals surface area contributed by atoms with Crippen molar-refractivity contribution < 1.29 is 9.53 Å². The number of ether oxygens (including phenoxy) is 1. The van der Waals surface area contributed by atoms with Gasteiger partial charge in [-0.15, -0.1) is 0 Å². The normalized spacial score (nSPS) is 40.1. The first-order valence-electron chi connectivity index (χ1n) is 14.4. The zero-order chi connectivity index (χ0) is 24.5. The summed E-state index contributed by atoms with van der Waals surface area (Å²) in [4.78, 5) is 12.1. The van der Waals surface area contributed by atoms with Crippen LogP contribution in [0.25, 0.3) is 0 Å². The minimum atomic E-state index is -0.254. The van der Waals surface area contributed by atoms with E-state index in [9.17, 15) is 4.79 Å². The number of hydrogen-bond acceptors (Lipinski definition) is 2. The van der Waals surface area contributed by atoms with Crippen LogP contribution in [0.2, 0.25) is 0 Å². The van der Waals surface area contributed by atoms with E-state index in [1.807, 2.05) is 0 Å². The van der Waals surface area contributed by atoms with E-state index in [1.165, 1.54) is 57.8 Å². The predicted octanol–water partition coefficient (Wildman–Crippen LogP) is 8.52. The molecular weight excluding hydrogens is 486 g/mol. The van der Waals surface area contributed by atoms with Gasteiger partial charge in [-0.2, -0.15) is 0 Å². The van der Waals surface area contributed by atoms with Crippen molar-refractivity contribution in [2.75, 3.05) is 11.9 Å². The van der Waals surface area contributed by atoms with Crippen molar-refractivity contribution in [1.29, 1.82) is 0 Å². The summed E-state index contributed by atoms with van der Waals surface area (Å²) >= 11 is 3.36. The summed E-state index contributed by atoms with van der Waals surface area (Å²) in [5.41, 5.74) is 2.46. The smallest absolute Gasteiger partial charge is 0.407 e. The van der Waals surface area contributed by atoms with Crippen molar-refractivity contribution in [3.8, 4) is 0 Å². The lowest BCUT2D eigenvalue weighted by Crippen LogP contribution is -2.51. The van der Waals surface area contributed by atoms with Gasteiger partial charge in [-0.3, -0.25) is 0 Å². The van der Waals surface area contributed by atoms with E-state index in [4.69, 9.17) is 4.74 Å². The van der Waals surface area contributed by atoms with Crippen molar-refractivity contribution in [2.24, 2.45) is 46.3 Å². The third-order valence-electron chi connectivity index (χ3n) is 10.9. The molecule has 3 fully saturated rings. The average molecular weight is 537 g/mol. The largest absolute Gasteiger partial charge is 0.446 e. The lowest BCUT2D eigenvalue weighted by atomic mass is 9.47. The molecule has 8 atom stereocenters.